The number of hydrogen-bond acceptors (Lipinski definition) is 4. The van der Waals surface area contributed by atoms with E-state index in [0.29, 0.717) is 21.7 Å². The van der Waals surface area contributed by atoms with Gasteiger partial charge in [-0.15, -0.1) is 11.3 Å². The molecule has 1 aliphatic rings. The van der Waals surface area contributed by atoms with Crippen molar-refractivity contribution in [3.8, 4) is 0 Å². The van der Waals surface area contributed by atoms with Crippen molar-refractivity contribution in [2.24, 2.45) is 0 Å². The van der Waals surface area contributed by atoms with E-state index in [1.807, 2.05) is 0 Å². The molecule has 1 N–H and O–H groups in total. The molecule has 0 spiro atoms. The SMILES string of the molecule is O=C(C[C@]1(O)C(=O)N(Cc2cccc(F)c2)c2ccccc21)c1ccc(Br)s1. The van der Waals surface area contributed by atoms with E-state index in [1.165, 1.54) is 28.4 Å². The summed E-state index contributed by atoms with van der Waals surface area (Å²) in [6.45, 7) is 0.106. The zero-order chi connectivity index (χ0) is 19.9. The average molecular weight is 460 g/mol. The smallest absolute Gasteiger partial charge is 0.264 e. The minimum atomic E-state index is -1.95. The number of ketones is 1. The molecular formula is C21H15BrFNO3S. The Kier molecular flexibility index (Phi) is 4.91. The van der Waals surface area contributed by atoms with Crippen LogP contribution in [-0.4, -0.2) is 16.8 Å². The highest BCUT2D eigenvalue weighted by Gasteiger charge is 2.50. The zero-order valence-electron chi connectivity index (χ0n) is 14.6. The number of carbonyl (C=O) groups excluding carboxylic acids is 2. The Balaban J connectivity index is 1.68. The van der Waals surface area contributed by atoms with E-state index in [4.69, 9.17) is 0 Å². The number of halogens is 2. The molecule has 0 aliphatic carbocycles. The van der Waals surface area contributed by atoms with Crippen molar-refractivity contribution in [1.82, 2.24) is 0 Å². The number of anilines is 1. The largest absolute Gasteiger partial charge is 0.375 e. The van der Waals surface area contributed by atoms with Crippen molar-refractivity contribution in [2.75, 3.05) is 4.90 Å². The Labute approximate surface area is 173 Å². The number of carbonyl (C=O) groups is 2. The Morgan fingerprint density at radius 1 is 1.14 bits per heavy atom. The molecule has 3 aromatic rings. The molecule has 28 heavy (non-hydrogen) atoms. The van der Waals surface area contributed by atoms with Gasteiger partial charge in [0.2, 0.25) is 0 Å². The van der Waals surface area contributed by atoms with Crippen LogP contribution in [0.25, 0.3) is 0 Å². The second-order valence-corrected chi connectivity index (χ2v) is 9.07. The number of hydrogen-bond donors (Lipinski definition) is 1. The van der Waals surface area contributed by atoms with Crippen molar-refractivity contribution < 1.29 is 19.1 Å². The molecule has 4 rings (SSSR count). The highest BCUT2D eigenvalue weighted by molar-refractivity contribution is 9.11. The molecule has 0 fully saturated rings. The first kappa shape index (κ1) is 19.0. The fourth-order valence-electron chi connectivity index (χ4n) is 3.44. The summed E-state index contributed by atoms with van der Waals surface area (Å²) in [7, 11) is 0. The predicted molar refractivity (Wildman–Crippen MR) is 109 cm³/mol. The van der Waals surface area contributed by atoms with E-state index in [0.717, 1.165) is 3.79 Å². The molecule has 0 unspecified atom stereocenters. The van der Waals surface area contributed by atoms with E-state index in [-0.39, 0.29) is 18.7 Å². The molecule has 7 heteroatoms. The van der Waals surface area contributed by atoms with E-state index in [2.05, 4.69) is 15.9 Å². The second kappa shape index (κ2) is 7.24. The number of rotatable bonds is 5. The van der Waals surface area contributed by atoms with Gasteiger partial charge in [0.1, 0.15) is 5.82 Å². The summed E-state index contributed by atoms with van der Waals surface area (Å²) in [5.41, 5.74) is -0.432. The van der Waals surface area contributed by atoms with Gasteiger partial charge >= 0.3 is 0 Å². The molecule has 2 heterocycles. The van der Waals surface area contributed by atoms with Crippen molar-refractivity contribution in [2.45, 2.75) is 18.6 Å². The fraction of sp³-hybridized carbons (Fsp3) is 0.143. The molecule has 0 radical (unpaired) electrons. The van der Waals surface area contributed by atoms with Gasteiger partial charge in [0.05, 0.1) is 27.3 Å². The maximum Gasteiger partial charge on any atom is 0.264 e. The van der Waals surface area contributed by atoms with Crippen LogP contribution in [0.15, 0.2) is 64.5 Å². The lowest BCUT2D eigenvalue weighted by molar-refractivity contribution is -0.136. The lowest BCUT2D eigenvalue weighted by Crippen LogP contribution is -2.41. The maximum atomic E-state index is 13.5. The van der Waals surface area contributed by atoms with Crippen LogP contribution in [-0.2, 0) is 16.9 Å². The Morgan fingerprint density at radius 2 is 1.93 bits per heavy atom. The lowest BCUT2D eigenvalue weighted by atomic mass is 9.89. The first-order valence-corrected chi connectivity index (χ1v) is 10.2. The molecule has 1 amide bonds. The summed E-state index contributed by atoms with van der Waals surface area (Å²) in [5, 5.41) is 11.3. The molecule has 0 saturated heterocycles. The monoisotopic (exact) mass is 459 g/mol. The van der Waals surface area contributed by atoms with E-state index in [9.17, 15) is 19.1 Å². The van der Waals surface area contributed by atoms with Crippen LogP contribution in [0.2, 0.25) is 0 Å². The fourth-order valence-corrected chi connectivity index (χ4v) is 4.76. The minimum absolute atomic E-state index is 0.106. The van der Waals surface area contributed by atoms with Gasteiger partial charge in [-0.2, -0.15) is 0 Å². The first-order valence-electron chi connectivity index (χ1n) is 8.55. The van der Waals surface area contributed by atoms with Gasteiger partial charge in [-0.1, -0.05) is 30.3 Å². The molecule has 0 bridgehead atoms. The van der Waals surface area contributed by atoms with Crippen LogP contribution in [0.4, 0.5) is 10.1 Å². The number of nitrogens with zero attached hydrogens (tertiary/aromatic N) is 1. The summed E-state index contributed by atoms with van der Waals surface area (Å²) < 4.78 is 14.3. The average Bonchev–Trinajstić information content (AvgIpc) is 3.19. The van der Waals surface area contributed by atoms with Gasteiger partial charge in [-0.3, -0.25) is 9.59 Å². The lowest BCUT2D eigenvalue weighted by Gasteiger charge is -2.22. The topological polar surface area (TPSA) is 57.6 Å². The molecule has 4 nitrogen and oxygen atoms in total. The van der Waals surface area contributed by atoms with Gasteiger partial charge < -0.3 is 10.0 Å². The molecule has 1 atom stereocenters. The number of para-hydroxylation sites is 1. The van der Waals surface area contributed by atoms with Crippen LogP contribution < -0.4 is 4.90 Å². The number of fused-ring (bicyclic) bond motifs is 1. The van der Waals surface area contributed by atoms with Crippen molar-refractivity contribution in [1.29, 1.82) is 0 Å². The van der Waals surface area contributed by atoms with Crippen LogP contribution >= 0.6 is 27.3 Å². The number of Topliss-reactive ketones (excluding diaryl/α,β-unsaturated/α-hetero) is 1. The summed E-state index contributed by atoms with van der Waals surface area (Å²) in [5.74, 6) is -1.29. The van der Waals surface area contributed by atoms with Gasteiger partial charge in [0.25, 0.3) is 5.91 Å². The number of amides is 1. The third-order valence-electron chi connectivity index (χ3n) is 4.73. The van der Waals surface area contributed by atoms with Gasteiger partial charge in [0.15, 0.2) is 11.4 Å². The molecule has 0 saturated carbocycles. The van der Waals surface area contributed by atoms with E-state index < -0.39 is 17.3 Å². The Bertz CT molecular complexity index is 1080. The normalized spacial score (nSPS) is 18.4. The zero-order valence-corrected chi connectivity index (χ0v) is 17.0. The van der Waals surface area contributed by atoms with Crippen molar-refractivity contribution in [3.05, 3.63) is 86.3 Å². The number of aliphatic hydroxyl groups is 1. The summed E-state index contributed by atoms with van der Waals surface area (Å²) in [4.78, 5) is 27.7. The quantitative estimate of drug-likeness (QED) is 0.564. The highest BCUT2D eigenvalue weighted by Crippen LogP contribution is 2.43. The van der Waals surface area contributed by atoms with Crippen LogP contribution in [0.5, 0.6) is 0 Å². The summed E-state index contributed by atoms with van der Waals surface area (Å²) in [6.07, 6.45) is -0.352. The van der Waals surface area contributed by atoms with Crippen LogP contribution in [0.3, 0.4) is 0 Å². The standard InChI is InChI=1S/C21H15BrFNO3S/c22-19-9-8-18(28-19)17(25)11-21(27)15-6-1-2-7-16(15)24(20(21)26)12-13-4-3-5-14(23)10-13/h1-10,27H,11-12H2/t21-/m1/s1. The molecule has 142 valence electrons. The number of thiophene rings is 1. The summed E-state index contributed by atoms with van der Waals surface area (Å²) >= 11 is 4.57. The second-order valence-electron chi connectivity index (χ2n) is 6.60. The van der Waals surface area contributed by atoms with E-state index in [1.54, 1.807) is 48.5 Å². The maximum absolute atomic E-state index is 13.5. The van der Waals surface area contributed by atoms with Gasteiger partial charge in [-0.25, -0.2) is 4.39 Å². The predicted octanol–water partition coefficient (Wildman–Crippen LogP) is 4.66. The van der Waals surface area contributed by atoms with Crippen molar-refractivity contribution >= 4 is 44.6 Å². The van der Waals surface area contributed by atoms with E-state index >= 15 is 0 Å². The van der Waals surface area contributed by atoms with Crippen molar-refractivity contribution in [3.63, 3.8) is 0 Å². The molecule has 1 aromatic heterocycles. The van der Waals surface area contributed by atoms with Crippen LogP contribution in [0, 0.1) is 5.82 Å². The molecule has 1 aliphatic heterocycles. The van der Waals surface area contributed by atoms with Gasteiger partial charge in [0, 0.05) is 5.56 Å². The third kappa shape index (κ3) is 3.30. The first-order chi connectivity index (χ1) is 13.4. The van der Waals surface area contributed by atoms with Gasteiger partial charge in [-0.05, 0) is 51.8 Å². The number of benzene rings is 2. The molecular weight excluding hydrogens is 445 g/mol. The minimum Gasteiger partial charge on any atom is -0.375 e. The Morgan fingerprint density at radius 3 is 2.64 bits per heavy atom. The highest BCUT2D eigenvalue weighted by atomic mass is 79.9. The third-order valence-corrected chi connectivity index (χ3v) is 6.40. The van der Waals surface area contributed by atoms with Crippen LogP contribution in [0.1, 0.15) is 27.2 Å². The Hall–Kier alpha value is -2.35. The summed E-state index contributed by atoms with van der Waals surface area (Å²) in [6, 6.07) is 16.2. The molecule has 2 aromatic carbocycles.